The number of urea groups is 1. The molecule has 3 atom stereocenters. The summed E-state index contributed by atoms with van der Waals surface area (Å²) in [6.07, 6.45) is 0.572. The van der Waals surface area contributed by atoms with Crippen molar-refractivity contribution < 1.29 is 27.9 Å². The van der Waals surface area contributed by atoms with Crippen LogP contribution in [0.4, 0.5) is 16.2 Å². The normalized spacial score (nSPS) is 19.4. The van der Waals surface area contributed by atoms with E-state index >= 15 is 0 Å². The molecule has 36 heavy (non-hydrogen) atoms. The highest BCUT2D eigenvalue weighted by Crippen LogP contribution is 2.29. The van der Waals surface area contributed by atoms with Crippen molar-refractivity contribution in [3.8, 4) is 5.75 Å². The minimum Gasteiger partial charge on any atom is -0.488 e. The van der Waals surface area contributed by atoms with E-state index in [0.717, 1.165) is 6.26 Å². The number of carbonyl (C=O) groups is 2. The van der Waals surface area contributed by atoms with E-state index in [-0.39, 0.29) is 31.4 Å². The molecule has 0 aliphatic carbocycles. The first-order valence-electron chi connectivity index (χ1n) is 11.7. The first-order chi connectivity index (χ1) is 17.0. The number of carbonyl (C=O) groups excluding carboxylic acids is 2. The average Bonchev–Trinajstić information content (AvgIpc) is 2.86. The van der Waals surface area contributed by atoms with Crippen LogP contribution in [0.2, 0.25) is 0 Å². The Morgan fingerprint density at radius 2 is 1.86 bits per heavy atom. The van der Waals surface area contributed by atoms with Crippen LogP contribution in [0.25, 0.3) is 0 Å². The van der Waals surface area contributed by atoms with Crippen LogP contribution in [0.5, 0.6) is 5.75 Å². The number of hydrogen-bond donors (Lipinski definition) is 3. The standard InChI is InChI=1S/C25H34N4O6S/c1-17-14-29(18(2)16-30)24(31)13-19-12-21(27-25(32)26-20-8-6-5-7-9-20)10-11-22(19)35-23(17)15-28(3)36(4,33)34/h5-12,17-18,23,30H,13-16H2,1-4H3,(H2,26,27,32)/t17-,18-,23-/m1/s1. The molecule has 1 heterocycles. The molecule has 0 radical (unpaired) electrons. The quantitative estimate of drug-likeness (QED) is 0.516. The number of nitrogens with one attached hydrogen (secondary N) is 2. The smallest absolute Gasteiger partial charge is 0.323 e. The average molecular weight is 519 g/mol. The summed E-state index contributed by atoms with van der Waals surface area (Å²) in [4.78, 5) is 27.3. The number of nitrogens with zero attached hydrogens (tertiary/aromatic N) is 2. The molecule has 1 aliphatic rings. The maximum atomic E-state index is 13.2. The Balaban J connectivity index is 1.90. The maximum absolute atomic E-state index is 13.2. The molecule has 0 saturated heterocycles. The summed E-state index contributed by atoms with van der Waals surface area (Å²) in [5, 5.41) is 15.2. The van der Waals surface area contributed by atoms with Crippen LogP contribution in [0.15, 0.2) is 48.5 Å². The third-order valence-corrected chi connectivity index (χ3v) is 7.49. The molecule has 3 N–H and O–H groups in total. The van der Waals surface area contributed by atoms with Crippen LogP contribution in [0, 0.1) is 5.92 Å². The second-order valence-electron chi connectivity index (χ2n) is 9.20. The number of aliphatic hydroxyl groups is 1. The lowest BCUT2D eigenvalue weighted by Crippen LogP contribution is -2.48. The summed E-state index contributed by atoms with van der Waals surface area (Å²) in [7, 11) is -1.96. The van der Waals surface area contributed by atoms with Gasteiger partial charge in [0.1, 0.15) is 11.9 Å². The lowest BCUT2D eigenvalue weighted by atomic mass is 10.0. The number of rotatable bonds is 7. The molecule has 0 aromatic heterocycles. The van der Waals surface area contributed by atoms with Gasteiger partial charge in [-0.15, -0.1) is 0 Å². The number of likely N-dealkylation sites (N-methyl/N-ethyl adjacent to an activating group) is 1. The number of sulfonamides is 1. The molecule has 0 bridgehead atoms. The highest BCUT2D eigenvalue weighted by molar-refractivity contribution is 7.88. The van der Waals surface area contributed by atoms with E-state index in [1.54, 1.807) is 42.2 Å². The summed E-state index contributed by atoms with van der Waals surface area (Å²) in [5.74, 6) is 0.0124. The van der Waals surface area contributed by atoms with Crippen molar-refractivity contribution in [2.75, 3.05) is 43.6 Å². The molecule has 2 aromatic carbocycles. The number of para-hydroxylation sites is 1. The van der Waals surface area contributed by atoms with Gasteiger partial charge >= 0.3 is 6.03 Å². The Morgan fingerprint density at radius 3 is 2.50 bits per heavy atom. The van der Waals surface area contributed by atoms with Crippen LogP contribution >= 0.6 is 0 Å². The topological polar surface area (TPSA) is 128 Å². The molecular weight excluding hydrogens is 484 g/mol. The third-order valence-electron chi connectivity index (χ3n) is 6.21. The summed E-state index contributed by atoms with van der Waals surface area (Å²) in [6, 6.07) is 13.2. The van der Waals surface area contributed by atoms with Gasteiger partial charge in [0.15, 0.2) is 0 Å². The van der Waals surface area contributed by atoms with Gasteiger partial charge in [-0.2, -0.15) is 0 Å². The van der Waals surface area contributed by atoms with Crippen molar-refractivity contribution in [3.05, 3.63) is 54.1 Å². The Morgan fingerprint density at radius 1 is 1.19 bits per heavy atom. The highest BCUT2D eigenvalue weighted by atomic mass is 32.2. The van der Waals surface area contributed by atoms with Crippen molar-refractivity contribution in [1.82, 2.24) is 9.21 Å². The van der Waals surface area contributed by atoms with Crippen molar-refractivity contribution in [1.29, 1.82) is 0 Å². The third kappa shape index (κ3) is 7.19. The Bertz CT molecular complexity index is 1170. The predicted octanol–water partition coefficient (Wildman–Crippen LogP) is 2.37. The number of anilines is 2. The molecule has 11 heteroatoms. The Labute approximate surface area is 212 Å². The lowest BCUT2D eigenvalue weighted by Gasteiger charge is -2.33. The SMILES string of the molecule is C[C@@H]1CN([C@H](C)CO)C(=O)Cc2cc(NC(=O)Nc3ccccc3)ccc2O[C@@H]1CN(C)S(C)(=O)=O. The van der Waals surface area contributed by atoms with Crippen molar-refractivity contribution in [3.63, 3.8) is 0 Å². The van der Waals surface area contributed by atoms with E-state index in [1.165, 1.54) is 11.4 Å². The number of hydrogen-bond acceptors (Lipinski definition) is 6. The van der Waals surface area contributed by atoms with Gasteiger partial charge in [0, 0.05) is 36.4 Å². The summed E-state index contributed by atoms with van der Waals surface area (Å²) in [5.41, 5.74) is 1.66. The fraction of sp³-hybridized carbons (Fsp3) is 0.440. The van der Waals surface area contributed by atoms with E-state index in [0.29, 0.717) is 29.2 Å². The van der Waals surface area contributed by atoms with Gasteiger partial charge in [-0.25, -0.2) is 17.5 Å². The zero-order valence-corrected chi connectivity index (χ0v) is 21.8. The van der Waals surface area contributed by atoms with Crippen molar-refractivity contribution >= 4 is 33.3 Å². The molecule has 3 amide bonds. The molecule has 0 fully saturated rings. The molecule has 2 aromatic rings. The first kappa shape index (κ1) is 27.4. The van der Waals surface area contributed by atoms with Gasteiger partial charge in [-0.05, 0) is 37.3 Å². The van der Waals surface area contributed by atoms with Gasteiger partial charge in [0.05, 0.1) is 31.9 Å². The van der Waals surface area contributed by atoms with Crippen LogP contribution < -0.4 is 15.4 Å². The van der Waals surface area contributed by atoms with Gasteiger partial charge < -0.3 is 25.4 Å². The largest absolute Gasteiger partial charge is 0.488 e. The van der Waals surface area contributed by atoms with Crippen LogP contribution in [0.1, 0.15) is 19.4 Å². The molecule has 0 unspecified atom stereocenters. The summed E-state index contributed by atoms with van der Waals surface area (Å²) in [6.45, 7) is 3.82. The van der Waals surface area contributed by atoms with Crippen LogP contribution in [0.3, 0.4) is 0 Å². The molecule has 0 spiro atoms. The fourth-order valence-corrected chi connectivity index (χ4v) is 4.35. The molecule has 196 valence electrons. The maximum Gasteiger partial charge on any atom is 0.323 e. The van der Waals surface area contributed by atoms with Crippen molar-refractivity contribution in [2.45, 2.75) is 32.4 Å². The zero-order valence-electron chi connectivity index (χ0n) is 21.0. The summed E-state index contributed by atoms with van der Waals surface area (Å²) < 4.78 is 31.6. The lowest BCUT2D eigenvalue weighted by molar-refractivity contribution is -0.134. The molecular formula is C25H34N4O6S. The second kappa shape index (κ2) is 11.7. The predicted molar refractivity (Wildman–Crippen MR) is 139 cm³/mol. The summed E-state index contributed by atoms with van der Waals surface area (Å²) >= 11 is 0. The van der Waals surface area contributed by atoms with E-state index in [2.05, 4.69) is 10.6 Å². The molecule has 3 rings (SSSR count). The molecule has 0 saturated carbocycles. The molecule has 1 aliphatic heterocycles. The van der Waals surface area contributed by atoms with E-state index in [4.69, 9.17) is 4.74 Å². The number of ether oxygens (including phenoxy) is 1. The fourth-order valence-electron chi connectivity index (χ4n) is 3.93. The highest BCUT2D eigenvalue weighted by Gasteiger charge is 2.32. The number of benzene rings is 2. The molecule has 10 nitrogen and oxygen atoms in total. The van der Waals surface area contributed by atoms with Crippen LogP contribution in [-0.4, -0.2) is 79.8 Å². The minimum atomic E-state index is -3.45. The van der Waals surface area contributed by atoms with E-state index in [9.17, 15) is 23.1 Å². The Hall–Kier alpha value is -3.15. The monoisotopic (exact) mass is 518 g/mol. The number of fused-ring (bicyclic) bond motifs is 1. The second-order valence-corrected chi connectivity index (χ2v) is 11.3. The van der Waals surface area contributed by atoms with E-state index < -0.39 is 28.2 Å². The zero-order chi connectivity index (χ0) is 26.5. The van der Waals surface area contributed by atoms with E-state index in [1.807, 2.05) is 25.1 Å². The van der Waals surface area contributed by atoms with Crippen LogP contribution in [-0.2, 0) is 21.2 Å². The van der Waals surface area contributed by atoms with Gasteiger partial charge in [0.2, 0.25) is 15.9 Å². The van der Waals surface area contributed by atoms with Crippen molar-refractivity contribution in [2.24, 2.45) is 5.92 Å². The number of aliphatic hydroxyl groups excluding tert-OH is 1. The van der Waals surface area contributed by atoms with Gasteiger partial charge in [0.25, 0.3) is 0 Å². The number of amides is 3. The van der Waals surface area contributed by atoms with Gasteiger partial charge in [-0.3, -0.25) is 4.79 Å². The minimum absolute atomic E-state index is 0.00312. The van der Waals surface area contributed by atoms with Gasteiger partial charge in [-0.1, -0.05) is 25.1 Å². The Kier molecular flexibility index (Phi) is 8.93. The first-order valence-corrected chi connectivity index (χ1v) is 13.6.